The van der Waals surface area contributed by atoms with Crippen LogP contribution in [0.3, 0.4) is 0 Å². The molecule has 15 heavy (non-hydrogen) atoms. The van der Waals surface area contributed by atoms with E-state index in [-0.39, 0.29) is 16.5 Å². The van der Waals surface area contributed by atoms with E-state index in [0.29, 0.717) is 0 Å². The summed E-state index contributed by atoms with van der Waals surface area (Å²) in [4.78, 5) is 9.68. The first-order valence-corrected chi connectivity index (χ1v) is 4.23. The van der Waals surface area contributed by atoms with E-state index >= 15 is 0 Å². The molecule has 0 spiro atoms. The van der Waals surface area contributed by atoms with Gasteiger partial charge in [-0.15, -0.1) is 0 Å². The highest BCUT2D eigenvalue weighted by atomic mass is 35.5. The number of nitro benzene ring substituents is 1. The summed E-state index contributed by atoms with van der Waals surface area (Å²) in [5.41, 5.74) is -0.218. The molecule has 0 aliphatic heterocycles. The fraction of sp³-hybridized carbons (Fsp3) is 0.250. The molecule has 7 heteroatoms. The number of non-ortho nitro benzene ring substituents is 1. The molecule has 1 rings (SSSR count). The van der Waals surface area contributed by atoms with Crippen molar-refractivity contribution in [3.8, 4) is 5.75 Å². The number of alkyl halides is 2. The maximum Gasteiger partial charge on any atom is 0.272 e. The maximum absolute atomic E-state index is 11.8. The van der Waals surface area contributed by atoms with E-state index in [2.05, 4.69) is 4.74 Å². The van der Waals surface area contributed by atoms with Crippen molar-refractivity contribution in [2.24, 2.45) is 0 Å². The highest BCUT2D eigenvalue weighted by Crippen LogP contribution is 2.28. The van der Waals surface area contributed by atoms with E-state index in [1.54, 1.807) is 0 Å². The van der Waals surface area contributed by atoms with E-state index < -0.39 is 18.0 Å². The van der Waals surface area contributed by atoms with Crippen LogP contribution in [0, 0.1) is 10.1 Å². The van der Waals surface area contributed by atoms with Crippen LogP contribution in [0.25, 0.3) is 0 Å². The van der Waals surface area contributed by atoms with Crippen LogP contribution in [-0.4, -0.2) is 18.0 Å². The Kier molecular flexibility index (Phi) is 3.79. The molecule has 0 N–H and O–H groups in total. The van der Waals surface area contributed by atoms with Crippen LogP contribution in [0.2, 0.25) is 5.02 Å². The van der Waals surface area contributed by atoms with Crippen LogP contribution >= 0.6 is 11.6 Å². The number of hydrogen-bond donors (Lipinski definition) is 0. The van der Waals surface area contributed by atoms with Gasteiger partial charge in [0.1, 0.15) is 12.4 Å². The van der Waals surface area contributed by atoms with Crippen molar-refractivity contribution in [1.29, 1.82) is 0 Å². The van der Waals surface area contributed by atoms with Crippen molar-refractivity contribution in [2.45, 2.75) is 6.43 Å². The maximum atomic E-state index is 11.8. The molecule has 0 atom stereocenters. The number of hydrogen-bond acceptors (Lipinski definition) is 3. The Morgan fingerprint density at radius 3 is 2.67 bits per heavy atom. The molecule has 0 saturated carbocycles. The van der Waals surface area contributed by atoms with Gasteiger partial charge in [-0.1, -0.05) is 11.6 Å². The molecule has 0 aromatic heterocycles. The average Bonchev–Trinajstić information content (AvgIpc) is 2.15. The molecule has 0 bridgehead atoms. The van der Waals surface area contributed by atoms with Crippen LogP contribution in [-0.2, 0) is 0 Å². The molecule has 0 aliphatic carbocycles. The van der Waals surface area contributed by atoms with Gasteiger partial charge in [-0.25, -0.2) is 8.78 Å². The quantitative estimate of drug-likeness (QED) is 0.598. The molecule has 0 radical (unpaired) electrons. The zero-order valence-electron chi connectivity index (χ0n) is 7.32. The van der Waals surface area contributed by atoms with Crippen molar-refractivity contribution in [3.63, 3.8) is 0 Å². The van der Waals surface area contributed by atoms with E-state index in [1.807, 2.05) is 0 Å². The first-order chi connectivity index (χ1) is 7.00. The lowest BCUT2D eigenvalue weighted by Crippen LogP contribution is -2.07. The second-order valence-electron chi connectivity index (χ2n) is 2.57. The molecule has 4 nitrogen and oxygen atoms in total. The van der Waals surface area contributed by atoms with Crippen molar-refractivity contribution < 1.29 is 18.4 Å². The van der Waals surface area contributed by atoms with Crippen LogP contribution in [0.5, 0.6) is 5.75 Å². The van der Waals surface area contributed by atoms with Gasteiger partial charge in [0, 0.05) is 12.1 Å². The highest BCUT2D eigenvalue weighted by molar-refractivity contribution is 6.32. The molecule has 0 saturated heterocycles. The average molecular weight is 238 g/mol. The Labute approximate surface area is 88.6 Å². The van der Waals surface area contributed by atoms with Crippen LogP contribution < -0.4 is 4.74 Å². The fourth-order valence-electron chi connectivity index (χ4n) is 0.873. The van der Waals surface area contributed by atoms with E-state index in [9.17, 15) is 18.9 Å². The summed E-state index contributed by atoms with van der Waals surface area (Å²) in [6.45, 7) is -0.794. The summed E-state index contributed by atoms with van der Waals surface area (Å²) in [7, 11) is 0. The van der Waals surface area contributed by atoms with Gasteiger partial charge in [-0.2, -0.15) is 0 Å². The van der Waals surface area contributed by atoms with Gasteiger partial charge < -0.3 is 4.74 Å². The normalized spacial score (nSPS) is 10.4. The molecule has 82 valence electrons. The van der Waals surface area contributed by atoms with Crippen molar-refractivity contribution in [3.05, 3.63) is 33.3 Å². The zero-order valence-corrected chi connectivity index (χ0v) is 8.08. The topological polar surface area (TPSA) is 52.4 Å². The molecule has 0 fully saturated rings. The minimum absolute atomic E-state index is 0.00238. The van der Waals surface area contributed by atoms with Crippen LogP contribution in [0.15, 0.2) is 18.2 Å². The lowest BCUT2D eigenvalue weighted by atomic mass is 10.3. The first-order valence-electron chi connectivity index (χ1n) is 3.85. The Morgan fingerprint density at radius 2 is 2.20 bits per heavy atom. The van der Waals surface area contributed by atoms with Gasteiger partial charge in [0.05, 0.1) is 9.95 Å². The summed E-state index contributed by atoms with van der Waals surface area (Å²) in [6.07, 6.45) is -2.61. The van der Waals surface area contributed by atoms with Gasteiger partial charge in [-0.3, -0.25) is 10.1 Å². The lowest BCUT2D eigenvalue weighted by Gasteiger charge is -2.06. The number of ether oxygens (including phenoxy) is 1. The van der Waals surface area contributed by atoms with E-state index in [0.717, 1.165) is 12.1 Å². The van der Waals surface area contributed by atoms with Crippen molar-refractivity contribution in [2.75, 3.05) is 6.61 Å². The third kappa shape index (κ3) is 3.32. The SMILES string of the molecule is O=[N+]([O-])c1ccc(OCC(F)F)c(Cl)c1. The zero-order chi connectivity index (χ0) is 11.4. The highest BCUT2D eigenvalue weighted by Gasteiger charge is 2.11. The summed E-state index contributed by atoms with van der Waals surface area (Å²) >= 11 is 5.58. The Morgan fingerprint density at radius 1 is 1.53 bits per heavy atom. The number of halogens is 3. The standard InChI is InChI=1S/C8H6ClF2NO3/c9-6-3-5(12(13)14)1-2-7(6)15-4-8(10)11/h1-3,8H,4H2. The van der Waals surface area contributed by atoms with Gasteiger partial charge in [0.25, 0.3) is 12.1 Å². The second kappa shape index (κ2) is 4.88. The van der Waals surface area contributed by atoms with Crippen molar-refractivity contribution >= 4 is 17.3 Å². The fourth-order valence-corrected chi connectivity index (χ4v) is 1.10. The first kappa shape index (κ1) is 11.6. The monoisotopic (exact) mass is 237 g/mol. The van der Waals surface area contributed by atoms with Crippen LogP contribution in [0.1, 0.15) is 0 Å². The summed E-state index contributed by atoms with van der Waals surface area (Å²) in [5.74, 6) is 0.00238. The summed E-state index contributed by atoms with van der Waals surface area (Å²) < 4.78 is 28.2. The third-order valence-electron chi connectivity index (χ3n) is 1.49. The smallest absolute Gasteiger partial charge is 0.272 e. The molecule has 0 heterocycles. The number of nitrogens with zero attached hydrogens (tertiary/aromatic N) is 1. The predicted octanol–water partition coefficient (Wildman–Crippen LogP) is 2.89. The number of nitro groups is 1. The minimum atomic E-state index is -2.61. The van der Waals surface area contributed by atoms with Crippen molar-refractivity contribution in [1.82, 2.24) is 0 Å². The largest absolute Gasteiger partial charge is 0.486 e. The molecule has 0 unspecified atom stereocenters. The predicted molar refractivity (Wildman–Crippen MR) is 49.6 cm³/mol. The molecule has 1 aromatic carbocycles. The molecule has 0 aliphatic rings. The second-order valence-corrected chi connectivity index (χ2v) is 2.98. The van der Waals surface area contributed by atoms with Gasteiger partial charge in [-0.05, 0) is 6.07 Å². The number of benzene rings is 1. The van der Waals surface area contributed by atoms with Crippen LogP contribution in [0.4, 0.5) is 14.5 Å². The van der Waals surface area contributed by atoms with E-state index in [1.165, 1.54) is 6.07 Å². The third-order valence-corrected chi connectivity index (χ3v) is 1.79. The summed E-state index contributed by atoms with van der Waals surface area (Å²) in [6, 6.07) is 3.36. The Balaban J connectivity index is 2.79. The van der Waals surface area contributed by atoms with Gasteiger partial charge in [0.15, 0.2) is 0 Å². The number of rotatable bonds is 4. The van der Waals surface area contributed by atoms with Gasteiger partial charge >= 0.3 is 0 Å². The molecule has 0 amide bonds. The lowest BCUT2D eigenvalue weighted by molar-refractivity contribution is -0.384. The molecule has 1 aromatic rings. The Hall–Kier alpha value is -1.43. The van der Waals surface area contributed by atoms with E-state index in [4.69, 9.17) is 11.6 Å². The summed E-state index contributed by atoms with van der Waals surface area (Å²) in [5, 5.41) is 10.3. The molecular weight excluding hydrogens is 232 g/mol. The van der Waals surface area contributed by atoms with Gasteiger partial charge in [0.2, 0.25) is 0 Å². The molecular formula is C8H6ClF2NO3. The minimum Gasteiger partial charge on any atom is -0.486 e. The Bertz CT molecular complexity index is 373.